The summed E-state index contributed by atoms with van der Waals surface area (Å²) >= 11 is 7.76. The van der Waals surface area contributed by atoms with Crippen molar-refractivity contribution < 1.29 is 5.11 Å². The fourth-order valence-electron chi connectivity index (χ4n) is 2.58. The van der Waals surface area contributed by atoms with E-state index in [1.165, 1.54) is 0 Å². The lowest BCUT2D eigenvalue weighted by molar-refractivity contribution is 0.265. The van der Waals surface area contributed by atoms with Gasteiger partial charge in [-0.1, -0.05) is 43.3 Å². The van der Waals surface area contributed by atoms with E-state index in [1.807, 2.05) is 36.4 Å². The van der Waals surface area contributed by atoms with E-state index in [4.69, 9.17) is 11.6 Å². The molecule has 3 rings (SSSR count). The van der Waals surface area contributed by atoms with Crippen molar-refractivity contribution >= 4 is 23.4 Å². The molecule has 0 amide bonds. The summed E-state index contributed by atoms with van der Waals surface area (Å²) in [6, 6.07) is 11.7. The molecule has 1 aromatic carbocycles. The van der Waals surface area contributed by atoms with Crippen LogP contribution in [0.15, 0.2) is 58.7 Å². The molecule has 130 valence electrons. The minimum Gasteiger partial charge on any atom is -0.388 e. The summed E-state index contributed by atoms with van der Waals surface area (Å²) in [4.78, 5) is 9.81. The van der Waals surface area contributed by atoms with Crippen LogP contribution in [0.3, 0.4) is 0 Å². The fourth-order valence-corrected chi connectivity index (χ4v) is 4.06. The van der Waals surface area contributed by atoms with Crippen molar-refractivity contribution in [1.29, 1.82) is 0 Å². The molecule has 3 aromatic rings. The molecule has 0 bridgehead atoms. The molecule has 0 aliphatic heterocycles. The number of nitrogens with zero attached hydrogens (tertiary/aromatic N) is 3. The van der Waals surface area contributed by atoms with Gasteiger partial charge in [0.15, 0.2) is 0 Å². The van der Waals surface area contributed by atoms with Crippen LogP contribution in [0.25, 0.3) is 0 Å². The number of rotatable bonds is 6. The Kier molecular flexibility index (Phi) is 5.78. The number of aliphatic hydroxyl groups is 1. The Balaban J connectivity index is 2.05. The molecule has 0 saturated carbocycles. The number of hydrogen-bond acceptors (Lipinski definition) is 4. The standard InChI is InChI=1S/C19H20ClN3OS/c1-13(2)18-19(25-16-5-3-4-15(20)10-16)23(17(12-24)22-18)11-14-6-8-21-9-7-14/h3-10,13,24H,11-12H2,1-2H3. The molecule has 6 heteroatoms. The summed E-state index contributed by atoms with van der Waals surface area (Å²) in [6.45, 7) is 4.77. The van der Waals surface area contributed by atoms with Crippen LogP contribution >= 0.6 is 23.4 Å². The first-order chi connectivity index (χ1) is 12.1. The van der Waals surface area contributed by atoms with Gasteiger partial charge in [-0.2, -0.15) is 0 Å². The largest absolute Gasteiger partial charge is 0.388 e. The van der Waals surface area contributed by atoms with E-state index in [-0.39, 0.29) is 12.5 Å². The van der Waals surface area contributed by atoms with E-state index < -0.39 is 0 Å². The van der Waals surface area contributed by atoms with Gasteiger partial charge < -0.3 is 9.67 Å². The molecule has 1 N–H and O–H groups in total. The van der Waals surface area contributed by atoms with Crippen molar-refractivity contribution in [1.82, 2.24) is 14.5 Å². The average molecular weight is 374 g/mol. The van der Waals surface area contributed by atoms with E-state index in [0.717, 1.165) is 21.2 Å². The van der Waals surface area contributed by atoms with Crippen LogP contribution in [0.2, 0.25) is 5.02 Å². The van der Waals surface area contributed by atoms with Crippen LogP contribution in [-0.2, 0) is 13.2 Å². The first-order valence-electron chi connectivity index (χ1n) is 8.11. The monoisotopic (exact) mass is 373 g/mol. The number of imidazole rings is 1. The smallest absolute Gasteiger partial charge is 0.136 e. The first kappa shape index (κ1) is 18.0. The third-order valence-electron chi connectivity index (χ3n) is 3.81. The second-order valence-electron chi connectivity index (χ2n) is 6.03. The zero-order valence-electron chi connectivity index (χ0n) is 14.2. The number of halogens is 1. The van der Waals surface area contributed by atoms with Crippen LogP contribution in [0.5, 0.6) is 0 Å². The summed E-state index contributed by atoms with van der Waals surface area (Å²) in [5.74, 6) is 0.927. The van der Waals surface area contributed by atoms with Crippen molar-refractivity contribution in [2.45, 2.75) is 42.8 Å². The Labute approximate surface area is 156 Å². The van der Waals surface area contributed by atoms with Gasteiger partial charge in [0.1, 0.15) is 17.5 Å². The maximum absolute atomic E-state index is 9.80. The third kappa shape index (κ3) is 4.24. The molecule has 25 heavy (non-hydrogen) atoms. The summed E-state index contributed by atoms with van der Waals surface area (Å²) in [5, 5.41) is 11.5. The Bertz CT molecular complexity index is 849. The average Bonchev–Trinajstić information content (AvgIpc) is 2.94. The van der Waals surface area contributed by atoms with Gasteiger partial charge in [-0.15, -0.1) is 0 Å². The van der Waals surface area contributed by atoms with Gasteiger partial charge in [0, 0.05) is 22.3 Å². The summed E-state index contributed by atoms with van der Waals surface area (Å²) in [5.41, 5.74) is 2.11. The molecule has 0 spiro atoms. The van der Waals surface area contributed by atoms with Gasteiger partial charge in [0.2, 0.25) is 0 Å². The molecular weight excluding hydrogens is 354 g/mol. The molecule has 4 nitrogen and oxygen atoms in total. The van der Waals surface area contributed by atoms with Gasteiger partial charge >= 0.3 is 0 Å². The van der Waals surface area contributed by atoms with Crippen molar-refractivity contribution in [2.75, 3.05) is 0 Å². The van der Waals surface area contributed by atoms with Gasteiger partial charge in [-0.3, -0.25) is 4.98 Å². The molecule has 0 fully saturated rings. The fraction of sp³-hybridized carbons (Fsp3) is 0.263. The molecule has 0 aliphatic rings. The molecular formula is C19H20ClN3OS. The number of aromatic nitrogens is 3. The highest BCUT2D eigenvalue weighted by atomic mass is 35.5. The van der Waals surface area contributed by atoms with E-state index in [9.17, 15) is 5.11 Å². The first-order valence-corrected chi connectivity index (χ1v) is 9.30. The maximum Gasteiger partial charge on any atom is 0.136 e. The summed E-state index contributed by atoms with van der Waals surface area (Å²) in [6.07, 6.45) is 3.55. The number of pyridine rings is 1. The minimum absolute atomic E-state index is 0.0963. The predicted molar refractivity (Wildman–Crippen MR) is 101 cm³/mol. The molecule has 0 unspecified atom stereocenters. The lowest BCUT2D eigenvalue weighted by Crippen LogP contribution is -2.06. The second-order valence-corrected chi connectivity index (χ2v) is 7.53. The van der Waals surface area contributed by atoms with Crippen molar-refractivity contribution in [2.24, 2.45) is 0 Å². The Morgan fingerprint density at radius 3 is 2.60 bits per heavy atom. The molecule has 2 heterocycles. The van der Waals surface area contributed by atoms with Crippen molar-refractivity contribution in [3.05, 3.63) is 70.9 Å². The zero-order valence-corrected chi connectivity index (χ0v) is 15.8. The van der Waals surface area contributed by atoms with Crippen LogP contribution in [-0.4, -0.2) is 19.6 Å². The van der Waals surface area contributed by atoms with Crippen LogP contribution < -0.4 is 0 Å². The Hall–Kier alpha value is -1.82. The van der Waals surface area contributed by atoms with Gasteiger partial charge in [0.05, 0.1) is 12.2 Å². The lowest BCUT2D eigenvalue weighted by Gasteiger charge is -2.13. The summed E-state index contributed by atoms with van der Waals surface area (Å²) in [7, 11) is 0. The quantitative estimate of drug-likeness (QED) is 0.677. The van der Waals surface area contributed by atoms with E-state index in [1.54, 1.807) is 24.2 Å². The van der Waals surface area contributed by atoms with Gasteiger partial charge in [-0.05, 0) is 41.8 Å². The topological polar surface area (TPSA) is 50.9 Å². The lowest BCUT2D eigenvalue weighted by atomic mass is 10.1. The molecule has 2 aromatic heterocycles. The van der Waals surface area contributed by atoms with Crippen LogP contribution in [0.1, 0.15) is 36.8 Å². The normalized spacial score (nSPS) is 11.2. The zero-order chi connectivity index (χ0) is 17.8. The SMILES string of the molecule is CC(C)c1nc(CO)n(Cc2ccncc2)c1Sc1cccc(Cl)c1. The number of benzene rings is 1. The van der Waals surface area contributed by atoms with Crippen LogP contribution in [0.4, 0.5) is 0 Å². The van der Waals surface area contributed by atoms with Crippen LogP contribution in [0, 0.1) is 0 Å². The third-order valence-corrected chi connectivity index (χ3v) is 5.16. The number of aliphatic hydroxyl groups excluding tert-OH is 1. The Morgan fingerprint density at radius 1 is 1.20 bits per heavy atom. The minimum atomic E-state index is -0.0963. The van der Waals surface area contributed by atoms with Gasteiger partial charge in [0.25, 0.3) is 0 Å². The highest BCUT2D eigenvalue weighted by Crippen LogP contribution is 2.36. The maximum atomic E-state index is 9.80. The van der Waals surface area contributed by atoms with E-state index >= 15 is 0 Å². The molecule has 0 radical (unpaired) electrons. The predicted octanol–water partition coefficient (Wildman–Crippen LogP) is 4.75. The molecule has 0 atom stereocenters. The summed E-state index contributed by atoms with van der Waals surface area (Å²) < 4.78 is 2.08. The second kappa shape index (κ2) is 8.04. The molecule has 0 saturated heterocycles. The van der Waals surface area contributed by atoms with E-state index in [0.29, 0.717) is 17.4 Å². The highest BCUT2D eigenvalue weighted by Gasteiger charge is 2.20. The van der Waals surface area contributed by atoms with E-state index in [2.05, 4.69) is 28.4 Å². The number of hydrogen-bond donors (Lipinski definition) is 1. The Morgan fingerprint density at radius 2 is 1.96 bits per heavy atom. The van der Waals surface area contributed by atoms with Crippen molar-refractivity contribution in [3.63, 3.8) is 0 Å². The van der Waals surface area contributed by atoms with Gasteiger partial charge in [-0.25, -0.2) is 4.98 Å². The highest BCUT2D eigenvalue weighted by molar-refractivity contribution is 7.99. The van der Waals surface area contributed by atoms with Crippen molar-refractivity contribution in [3.8, 4) is 0 Å². The molecule has 0 aliphatic carbocycles.